The quantitative estimate of drug-likeness (QED) is 0.566. The summed E-state index contributed by atoms with van der Waals surface area (Å²) >= 11 is 4.09. The molecule has 0 bridgehead atoms. The van der Waals surface area contributed by atoms with E-state index in [1.807, 2.05) is 0 Å². The number of allylic oxidation sites excluding steroid dienone is 3. The summed E-state index contributed by atoms with van der Waals surface area (Å²) in [6, 6.07) is 0. The lowest BCUT2D eigenvalue weighted by molar-refractivity contribution is -0.132. The van der Waals surface area contributed by atoms with Crippen LogP contribution in [0.25, 0.3) is 0 Å². The Morgan fingerprint density at radius 2 is 2.20 bits per heavy atom. The molecule has 0 saturated heterocycles. The summed E-state index contributed by atoms with van der Waals surface area (Å²) in [6.45, 7) is 0. The van der Waals surface area contributed by atoms with E-state index in [1.165, 1.54) is 0 Å². The standard InChI is InChI=1S/C7H8O2S/c8-7(9)5-1-3-6(10)4-2-5/h1,3,10H,2,4H2,(H,8,9). The maximum Gasteiger partial charge on any atom is 0.331 e. The normalized spacial score (nSPS) is 17.7. The first kappa shape index (κ1) is 7.41. The number of aliphatic carboxylic acids is 1. The van der Waals surface area contributed by atoms with Crippen LogP contribution >= 0.6 is 12.6 Å². The largest absolute Gasteiger partial charge is 0.478 e. The minimum absolute atomic E-state index is 0.470. The van der Waals surface area contributed by atoms with Gasteiger partial charge < -0.3 is 5.11 Å². The smallest absolute Gasteiger partial charge is 0.331 e. The van der Waals surface area contributed by atoms with Crippen molar-refractivity contribution in [1.82, 2.24) is 0 Å². The van der Waals surface area contributed by atoms with Crippen LogP contribution in [0.4, 0.5) is 0 Å². The fourth-order valence-electron chi connectivity index (χ4n) is 0.804. The Labute approximate surface area is 64.7 Å². The molecule has 0 saturated carbocycles. The van der Waals surface area contributed by atoms with Crippen LogP contribution in [-0.2, 0) is 4.79 Å². The molecule has 3 heteroatoms. The van der Waals surface area contributed by atoms with Crippen LogP contribution in [0.15, 0.2) is 22.6 Å². The van der Waals surface area contributed by atoms with Crippen LogP contribution in [0, 0.1) is 0 Å². The molecule has 10 heavy (non-hydrogen) atoms. The van der Waals surface area contributed by atoms with Gasteiger partial charge in [0.25, 0.3) is 0 Å². The lowest BCUT2D eigenvalue weighted by atomic mass is 10.1. The molecule has 0 aliphatic heterocycles. The zero-order valence-corrected chi connectivity index (χ0v) is 6.27. The fourth-order valence-corrected chi connectivity index (χ4v) is 0.991. The molecular formula is C7H8O2S. The summed E-state index contributed by atoms with van der Waals surface area (Å²) in [5.41, 5.74) is 0.470. The third-order valence-electron chi connectivity index (χ3n) is 1.40. The first-order chi connectivity index (χ1) is 4.70. The van der Waals surface area contributed by atoms with Gasteiger partial charge in [-0.2, -0.15) is 0 Å². The summed E-state index contributed by atoms with van der Waals surface area (Å²) in [5, 5.41) is 8.50. The highest BCUT2D eigenvalue weighted by molar-refractivity contribution is 7.84. The molecule has 54 valence electrons. The van der Waals surface area contributed by atoms with E-state index in [0.29, 0.717) is 12.0 Å². The monoisotopic (exact) mass is 156 g/mol. The van der Waals surface area contributed by atoms with Gasteiger partial charge in [0.2, 0.25) is 0 Å². The number of carboxylic acids is 1. The van der Waals surface area contributed by atoms with Crippen molar-refractivity contribution in [2.75, 3.05) is 0 Å². The lowest BCUT2D eigenvalue weighted by Gasteiger charge is -2.05. The maximum absolute atomic E-state index is 10.3. The molecule has 0 aromatic carbocycles. The minimum atomic E-state index is -0.822. The Morgan fingerprint density at radius 1 is 1.50 bits per heavy atom. The van der Waals surface area contributed by atoms with E-state index in [2.05, 4.69) is 12.6 Å². The van der Waals surface area contributed by atoms with Gasteiger partial charge in [0, 0.05) is 5.57 Å². The van der Waals surface area contributed by atoms with Gasteiger partial charge in [0.15, 0.2) is 0 Å². The Morgan fingerprint density at radius 3 is 2.60 bits per heavy atom. The summed E-state index contributed by atoms with van der Waals surface area (Å²) in [7, 11) is 0. The highest BCUT2D eigenvalue weighted by Gasteiger charge is 2.09. The summed E-state index contributed by atoms with van der Waals surface area (Å²) < 4.78 is 0. The van der Waals surface area contributed by atoms with Gasteiger partial charge in [-0.15, -0.1) is 12.6 Å². The average molecular weight is 156 g/mol. The Hall–Kier alpha value is -0.700. The van der Waals surface area contributed by atoms with Crippen LogP contribution in [0.1, 0.15) is 12.8 Å². The maximum atomic E-state index is 10.3. The number of rotatable bonds is 1. The molecular weight excluding hydrogens is 148 g/mol. The SMILES string of the molecule is O=C(O)C1=CC=C(S)CC1. The molecule has 0 radical (unpaired) electrons. The van der Waals surface area contributed by atoms with E-state index in [4.69, 9.17) is 5.11 Å². The van der Waals surface area contributed by atoms with Crippen molar-refractivity contribution in [2.45, 2.75) is 12.8 Å². The van der Waals surface area contributed by atoms with Crippen LogP contribution in [0.2, 0.25) is 0 Å². The van der Waals surface area contributed by atoms with Gasteiger partial charge in [-0.25, -0.2) is 4.79 Å². The predicted molar refractivity (Wildman–Crippen MR) is 42.0 cm³/mol. The molecule has 1 N–H and O–H groups in total. The van der Waals surface area contributed by atoms with Crippen LogP contribution < -0.4 is 0 Å². The van der Waals surface area contributed by atoms with E-state index < -0.39 is 5.97 Å². The van der Waals surface area contributed by atoms with E-state index >= 15 is 0 Å². The number of carboxylic acid groups (broad SMARTS) is 1. The molecule has 0 atom stereocenters. The average Bonchev–Trinajstić information content (AvgIpc) is 1.88. The lowest BCUT2D eigenvalue weighted by Crippen LogP contribution is -2.02. The van der Waals surface area contributed by atoms with Crippen molar-refractivity contribution in [3.05, 3.63) is 22.6 Å². The second-order valence-corrected chi connectivity index (χ2v) is 2.73. The second-order valence-electron chi connectivity index (χ2n) is 2.16. The molecule has 2 nitrogen and oxygen atoms in total. The van der Waals surface area contributed by atoms with Gasteiger partial charge in [0.1, 0.15) is 0 Å². The van der Waals surface area contributed by atoms with Gasteiger partial charge in [0.05, 0.1) is 0 Å². The molecule has 0 unspecified atom stereocenters. The third-order valence-corrected chi connectivity index (χ3v) is 1.77. The molecule has 0 aromatic heterocycles. The van der Waals surface area contributed by atoms with Crippen molar-refractivity contribution in [3.63, 3.8) is 0 Å². The minimum Gasteiger partial charge on any atom is -0.478 e. The fraction of sp³-hybridized carbons (Fsp3) is 0.286. The van der Waals surface area contributed by atoms with E-state index in [1.54, 1.807) is 12.2 Å². The van der Waals surface area contributed by atoms with Gasteiger partial charge in [-0.3, -0.25) is 0 Å². The number of hydrogen-bond donors (Lipinski definition) is 2. The molecule has 1 aliphatic rings. The van der Waals surface area contributed by atoms with E-state index in [0.717, 1.165) is 11.3 Å². The van der Waals surface area contributed by atoms with Crippen molar-refractivity contribution >= 4 is 18.6 Å². The van der Waals surface area contributed by atoms with Crippen LogP contribution in [0.3, 0.4) is 0 Å². The van der Waals surface area contributed by atoms with Gasteiger partial charge in [-0.1, -0.05) is 12.2 Å². The number of hydrogen-bond acceptors (Lipinski definition) is 2. The van der Waals surface area contributed by atoms with Gasteiger partial charge in [-0.05, 0) is 17.7 Å². The summed E-state index contributed by atoms with van der Waals surface area (Å²) in [4.78, 5) is 11.3. The Bertz CT molecular complexity index is 216. The first-order valence-corrected chi connectivity index (χ1v) is 3.47. The predicted octanol–water partition coefficient (Wildman–Crippen LogP) is 1.60. The van der Waals surface area contributed by atoms with E-state index in [9.17, 15) is 4.79 Å². The second kappa shape index (κ2) is 2.92. The Balaban J connectivity index is 2.74. The zero-order valence-electron chi connectivity index (χ0n) is 5.37. The molecule has 0 heterocycles. The molecule has 0 aromatic rings. The van der Waals surface area contributed by atoms with Crippen LogP contribution in [-0.4, -0.2) is 11.1 Å². The molecule has 1 rings (SSSR count). The molecule has 0 spiro atoms. The topological polar surface area (TPSA) is 37.3 Å². The van der Waals surface area contributed by atoms with Crippen molar-refractivity contribution in [1.29, 1.82) is 0 Å². The summed E-state index contributed by atoms with van der Waals surface area (Å²) in [5.74, 6) is -0.822. The van der Waals surface area contributed by atoms with Crippen molar-refractivity contribution < 1.29 is 9.90 Å². The van der Waals surface area contributed by atoms with Crippen molar-refractivity contribution in [2.24, 2.45) is 0 Å². The van der Waals surface area contributed by atoms with Crippen molar-refractivity contribution in [3.8, 4) is 0 Å². The highest BCUT2D eigenvalue weighted by Crippen LogP contribution is 2.20. The molecule has 0 amide bonds. The third kappa shape index (κ3) is 1.64. The zero-order chi connectivity index (χ0) is 7.56. The van der Waals surface area contributed by atoms with Gasteiger partial charge >= 0.3 is 5.97 Å². The molecule has 0 fully saturated rings. The highest BCUT2D eigenvalue weighted by atomic mass is 32.1. The van der Waals surface area contributed by atoms with Crippen LogP contribution in [0.5, 0.6) is 0 Å². The van der Waals surface area contributed by atoms with E-state index in [-0.39, 0.29) is 0 Å². The first-order valence-electron chi connectivity index (χ1n) is 3.02. The number of carbonyl (C=O) groups is 1. The Kier molecular flexibility index (Phi) is 2.17. The number of thiol groups is 1. The molecule has 1 aliphatic carbocycles. The summed E-state index contributed by atoms with van der Waals surface area (Å²) in [6.07, 6.45) is 4.69.